The first-order chi connectivity index (χ1) is 13.3. The highest BCUT2D eigenvalue weighted by Crippen LogP contribution is 2.28. The predicted octanol–water partition coefficient (Wildman–Crippen LogP) is 4.54. The number of nitrogens with zero attached hydrogens (tertiary/aromatic N) is 1. The fourth-order valence-corrected chi connectivity index (χ4v) is 3.16. The summed E-state index contributed by atoms with van der Waals surface area (Å²) < 4.78 is 13.6. The minimum Gasteiger partial charge on any atom is -0.349 e. The van der Waals surface area contributed by atoms with E-state index in [1.54, 1.807) is 14.0 Å². The quantitative estimate of drug-likeness (QED) is 0.639. The first-order valence-electron chi connectivity index (χ1n) is 8.74. The summed E-state index contributed by atoms with van der Waals surface area (Å²) >= 11 is 11.7. The van der Waals surface area contributed by atoms with Gasteiger partial charge >= 0.3 is 6.03 Å². The number of carbonyl (C=O) groups excluding carboxylic acids is 2. The standard InChI is InChI=1S/C20H22Cl2FN3O2/c1-13(15-10-18(23)17(22)11-16(15)21)25-19(27)8-9-24-20(28)26(2)12-14-6-4-3-5-7-14/h3-7,10-11,13H,8-9,12H2,1-2H3,(H,24,28)(H,25,27). The van der Waals surface area contributed by atoms with Crippen LogP contribution in [0.25, 0.3) is 0 Å². The van der Waals surface area contributed by atoms with Gasteiger partial charge in [-0.25, -0.2) is 9.18 Å². The van der Waals surface area contributed by atoms with E-state index in [1.165, 1.54) is 17.0 Å². The molecule has 2 N–H and O–H groups in total. The Morgan fingerprint density at radius 2 is 1.82 bits per heavy atom. The number of amides is 3. The van der Waals surface area contributed by atoms with Crippen LogP contribution in [-0.4, -0.2) is 30.4 Å². The fourth-order valence-electron chi connectivity index (χ4n) is 2.61. The smallest absolute Gasteiger partial charge is 0.317 e. The molecule has 0 spiro atoms. The molecule has 0 aliphatic rings. The number of hydrogen-bond donors (Lipinski definition) is 2. The van der Waals surface area contributed by atoms with Crippen molar-refractivity contribution in [3.05, 3.63) is 69.5 Å². The van der Waals surface area contributed by atoms with E-state index in [0.29, 0.717) is 12.1 Å². The van der Waals surface area contributed by atoms with E-state index in [4.69, 9.17) is 23.2 Å². The summed E-state index contributed by atoms with van der Waals surface area (Å²) in [5.74, 6) is -0.888. The van der Waals surface area contributed by atoms with E-state index in [9.17, 15) is 14.0 Å². The number of urea groups is 1. The number of benzene rings is 2. The topological polar surface area (TPSA) is 61.4 Å². The van der Waals surface area contributed by atoms with Crippen LogP contribution in [0.1, 0.15) is 30.5 Å². The molecule has 2 aromatic rings. The van der Waals surface area contributed by atoms with Gasteiger partial charge in [0.2, 0.25) is 5.91 Å². The molecule has 28 heavy (non-hydrogen) atoms. The van der Waals surface area contributed by atoms with Crippen LogP contribution in [0.5, 0.6) is 0 Å². The molecule has 0 aromatic heterocycles. The van der Waals surface area contributed by atoms with Crippen molar-refractivity contribution in [1.82, 2.24) is 15.5 Å². The minimum atomic E-state index is -0.601. The Bertz CT molecular complexity index is 834. The van der Waals surface area contributed by atoms with Crippen LogP contribution in [0, 0.1) is 5.82 Å². The second kappa shape index (κ2) is 10.3. The maximum Gasteiger partial charge on any atom is 0.317 e. The van der Waals surface area contributed by atoms with E-state index >= 15 is 0 Å². The predicted molar refractivity (Wildman–Crippen MR) is 109 cm³/mol. The van der Waals surface area contributed by atoms with Gasteiger partial charge in [0, 0.05) is 31.6 Å². The van der Waals surface area contributed by atoms with Crippen LogP contribution >= 0.6 is 23.2 Å². The molecule has 0 bridgehead atoms. The Labute approximate surface area is 173 Å². The Morgan fingerprint density at radius 1 is 1.14 bits per heavy atom. The summed E-state index contributed by atoms with van der Waals surface area (Å²) in [7, 11) is 1.68. The van der Waals surface area contributed by atoms with E-state index in [2.05, 4.69) is 10.6 Å². The van der Waals surface area contributed by atoms with Gasteiger partial charge in [0.05, 0.1) is 11.1 Å². The van der Waals surface area contributed by atoms with Gasteiger partial charge in [-0.15, -0.1) is 0 Å². The highest BCUT2D eigenvalue weighted by molar-refractivity contribution is 6.35. The highest BCUT2D eigenvalue weighted by atomic mass is 35.5. The number of halogens is 3. The molecule has 0 aliphatic carbocycles. The Morgan fingerprint density at radius 3 is 2.50 bits per heavy atom. The minimum absolute atomic E-state index is 0.0744. The third kappa shape index (κ3) is 6.39. The fraction of sp³-hybridized carbons (Fsp3) is 0.300. The summed E-state index contributed by atoms with van der Waals surface area (Å²) in [4.78, 5) is 25.7. The average molecular weight is 426 g/mol. The van der Waals surface area contributed by atoms with E-state index in [0.717, 1.165) is 5.56 Å². The van der Waals surface area contributed by atoms with Crippen LogP contribution in [0.4, 0.5) is 9.18 Å². The van der Waals surface area contributed by atoms with Gasteiger partial charge < -0.3 is 15.5 Å². The SMILES string of the molecule is CC(NC(=O)CCNC(=O)N(C)Cc1ccccc1)c1cc(F)c(Cl)cc1Cl. The first kappa shape index (κ1) is 22.0. The van der Waals surface area contributed by atoms with E-state index < -0.39 is 11.9 Å². The van der Waals surface area contributed by atoms with Gasteiger partial charge in [-0.2, -0.15) is 0 Å². The van der Waals surface area contributed by atoms with Crippen molar-refractivity contribution < 1.29 is 14.0 Å². The first-order valence-corrected chi connectivity index (χ1v) is 9.50. The van der Waals surface area contributed by atoms with Crippen molar-refractivity contribution in [3.63, 3.8) is 0 Å². The number of carbonyl (C=O) groups is 2. The molecule has 0 saturated heterocycles. The summed E-state index contributed by atoms with van der Waals surface area (Å²) in [5, 5.41) is 5.62. The maximum atomic E-state index is 13.6. The summed E-state index contributed by atoms with van der Waals surface area (Å²) in [6.07, 6.45) is 0.0863. The molecule has 0 aliphatic heterocycles. The molecule has 5 nitrogen and oxygen atoms in total. The van der Waals surface area contributed by atoms with Gasteiger partial charge in [0.15, 0.2) is 0 Å². The zero-order chi connectivity index (χ0) is 20.7. The largest absolute Gasteiger partial charge is 0.349 e. The average Bonchev–Trinajstić information content (AvgIpc) is 2.65. The van der Waals surface area contributed by atoms with Gasteiger partial charge in [0.1, 0.15) is 5.82 Å². The molecule has 0 radical (unpaired) electrons. The number of rotatable bonds is 7. The normalized spacial score (nSPS) is 11.6. The number of hydrogen-bond acceptors (Lipinski definition) is 2. The lowest BCUT2D eigenvalue weighted by atomic mass is 10.1. The monoisotopic (exact) mass is 425 g/mol. The van der Waals surface area contributed by atoms with Crippen molar-refractivity contribution in [1.29, 1.82) is 0 Å². The number of nitrogens with one attached hydrogen (secondary N) is 2. The molecular weight excluding hydrogens is 404 g/mol. The van der Waals surface area contributed by atoms with Crippen molar-refractivity contribution in [2.75, 3.05) is 13.6 Å². The third-order valence-corrected chi connectivity index (χ3v) is 4.74. The van der Waals surface area contributed by atoms with Crippen LogP contribution in [0.2, 0.25) is 10.0 Å². The lowest BCUT2D eigenvalue weighted by molar-refractivity contribution is -0.121. The van der Waals surface area contributed by atoms with Gasteiger partial charge in [-0.05, 0) is 30.2 Å². The summed E-state index contributed by atoms with van der Waals surface area (Å²) in [6, 6.07) is 11.3. The molecule has 2 rings (SSSR count). The second-order valence-electron chi connectivity index (χ2n) is 6.40. The molecule has 150 valence electrons. The molecule has 3 amide bonds. The van der Waals surface area contributed by atoms with Crippen molar-refractivity contribution >= 4 is 35.1 Å². The van der Waals surface area contributed by atoms with Crippen LogP contribution < -0.4 is 10.6 Å². The second-order valence-corrected chi connectivity index (χ2v) is 7.22. The highest BCUT2D eigenvalue weighted by Gasteiger charge is 2.16. The zero-order valence-corrected chi connectivity index (χ0v) is 17.1. The molecular formula is C20H22Cl2FN3O2. The van der Waals surface area contributed by atoms with E-state index in [-0.39, 0.29) is 34.9 Å². The van der Waals surface area contributed by atoms with Gasteiger partial charge in [-0.3, -0.25) is 4.79 Å². The Balaban J connectivity index is 1.77. The van der Waals surface area contributed by atoms with Crippen LogP contribution in [-0.2, 0) is 11.3 Å². The van der Waals surface area contributed by atoms with Gasteiger partial charge in [-0.1, -0.05) is 53.5 Å². The molecule has 2 aromatic carbocycles. The van der Waals surface area contributed by atoms with E-state index in [1.807, 2.05) is 30.3 Å². The lowest BCUT2D eigenvalue weighted by Gasteiger charge is -2.19. The molecule has 8 heteroatoms. The summed E-state index contributed by atoms with van der Waals surface area (Å²) in [5.41, 5.74) is 1.45. The van der Waals surface area contributed by atoms with Crippen molar-refractivity contribution in [2.45, 2.75) is 25.9 Å². The van der Waals surface area contributed by atoms with Crippen molar-refractivity contribution in [3.8, 4) is 0 Å². The molecule has 0 fully saturated rings. The third-order valence-electron chi connectivity index (χ3n) is 4.12. The van der Waals surface area contributed by atoms with Crippen LogP contribution in [0.15, 0.2) is 42.5 Å². The molecule has 1 atom stereocenters. The summed E-state index contributed by atoms with van der Waals surface area (Å²) in [6.45, 7) is 2.34. The molecule has 0 saturated carbocycles. The molecule has 0 heterocycles. The Hall–Kier alpha value is -2.31. The maximum absolute atomic E-state index is 13.6. The molecule has 1 unspecified atom stereocenters. The zero-order valence-electron chi connectivity index (χ0n) is 15.6. The van der Waals surface area contributed by atoms with Crippen molar-refractivity contribution in [2.24, 2.45) is 0 Å². The Kier molecular flexibility index (Phi) is 8.08. The lowest BCUT2D eigenvalue weighted by Crippen LogP contribution is -2.39. The van der Waals surface area contributed by atoms with Crippen LogP contribution in [0.3, 0.4) is 0 Å². The van der Waals surface area contributed by atoms with Gasteiger partial charge in [0.25, 0.3) is 0 Å².